The van der Waals surface area contributed by atoms with Gasteiger partial charge in [-0.15, -0.1) is 0 Å². The van der Waals surface area contributed by atoms with Crippen LogP contribution in [0.1, 0.15) is 64.2 Å². The van der Waals surface area contributed by atoms with Gasteiger partial charge >= 0.3 is 5.97 Å². The summed E-state index contributed by atoms with van der Waals surface area (Å²) in [6.45, 7) is 0. The number of fused-ring (bicyclic) bond motifs is 5. The lowest BCUT2D eigenvalue weighted by atomic mass is 9.54. The SMILES string of the molecule is O=C(O)C1C[C@H]2CC[C@H]3[C@@H](CCC4CCCC[C@@H]43)[C@@H]2C1. The molecule has 0 aromatic carbocycles. The van der Waals surface area contributed by atoms with Crippen molar-refractivity contribution < 1.29 is 9.90 Å². The molecule has 112 valence electrons. The van der Waals surface area contributed by atoms with Crippen molar-refractivity contribution in [3.8, 4) is 0 Å². The molecular weight excluding hydrogens is 248 g/mol. The Labute approximate surface area is 122 Å². The molecule has 4 aliphatic rings. The topological polar surface area (TPSA) is 37.3 Å². The van der Waals surface area contributed by atoms with Gasteiger partial charge in [-0.3, -0.25) is 4.79 Å². The monoisotopic (exact) mass is 276 g/mol. The molecule has 4 fully saturated rings. The summed E-state index contributed by atoms with van der Waals surface area (Å²) >= 11 is 0. The Morgan fingerprint density at radius 1 is 0.700 bits per heavy atom. The second kappa shape index (κ2) is 5.03. The largest absolute Gasteiger partial charge is 0.481 e. The van der Waals surface area contributed by atoms with Gasteiger partial charge < -0.3 is 5.11 Å². The first-order chi connectivity index (χ1) is 9.74. The lowest BCUT2D eigenvalue weighted by Crippen LogP contribution is -2.43. The van der Waals surface area contributed by atoms with E-state index < -0.39 is 5.97 Å². The fraction of sp³-hybridized carbons (Fsp3) is 0.944. The Hall–Kier alpha value is -0.530. The fourth-order valence-corrected chi connectivity index (χ4v) is 6.68. The molecule has 7 atom stereocenters. The molecule has 2 heteroatoms. The molecule has 1 N–H and O–H groups in total. The summed E-state index contributed by atoms with van der Waals surface area (Å²) in [7, 11) is 0. The van der Waals surface area contributed by atoms with Gasteiger partial charge in [-0.1, -0.05) is 19.3 Å². The molecule has 0 amide bonds. The Kier molecular flexibility index (Phi) is 3.31. The summed E-state index contributed by atoms with van der Waals surface area (Å²) < 4.78 is 0. The maximum absolute atomic E-state index is 11.3. The van der Waals surface area contributed by atoms with Crippen LogP contribution in [0.25, 0.3) is 0 Å². The predicted octanol–water partition coefficient (Wildman–Crippen LogP) is 4.34. The number of rotatable bonds is 1. The highest BCUT2D eigenvalue weighted by Gasteiger charge is 2.51. The highest BCUT2D eigenvalue weighted by molar-refractivity contribution is 5.70. The lowest BCUT2D eigenvalue weighted by molar-refractivity contribution is -0.141. The van der Waals surface area contributed by atoms with Crippen LogP contribution in [0.15, 0.2) is 0 Å². The molecule has 4 aliphatic carbocycles. The number of aliphatic carboxylic acids is 1. The van der Waals surface area contributed by atoms with Gasteiger partial charge in [0.25, 0.3) is 0 Å². The van der Waals surface area contributed by atoms with Crippen molar-refractivity contribution in [2.24, 2.45) is 41.4 Å². The third kappa shape index (κ3) is 2.02. The highest BCUT2D eigenvalue weighted by Crippen LogP contribution is 2.58. The van der Waals surface area contributed by atoms with E-state index in [1.54, 1.807) is 0 Å². The first kappa shape index (κ1) is 13.2. The van der Waals surface area contributed by atoms with Gasteiger partial charge in [-0.2, -0.15) is 0 Å². The Balaban J connectivity index is 1.52. The maximum atomic E-state index is 11.3. The van der Waals surface area contributed by atoms with Crippen molar-refractivity contribution in [2.45, 2.75) is 64.2 Å². The van der Waals surface area contributed by atoms with Crippen LogP contribution in [0.3, 0.4) is 0 Å². The highest BCUT2D eigenvalue weighted by atomic mass is 16.4. The minimum atomic E-state index is -0.526. The second-order valence-corrected chi connectivity index (χ2v) is 8.12. The van der Waals surface area contributed by atoms with Gasteiger partial charge in [0.1, 0.15) is 0 Å². The molecule has 0 heterocycles. The molecule has 0 radical (unpaired) electrons. The van der Waals surface area contributed by atoms with E-state index in [0.717, 1.165) is 48.3 Å². The van der Waals surface area contributed by atoms with Crippen LogP contribution in [0.4, 0.5) is 0 Å². The summed E-state index contributed by atoms with van der Waals surface area (Å²) in [6.07, 6.45) is 13.5. The molecule has 0 bridgehead atoms. The summed E-state index contributed by atoms with van der Waals surface area (Å²) in [6, 6.07) is 0. The Morgan fingerprint density at radius 3 is 2.20 bits per heavy atom. The summed E-state index contributed by atoms with van der Waals surface area (Å²) in [5, 5.41) is 9.34. The zero-order valence-corrected chi connectivity index (χ0v) is 12.5. The van der Waals surface area contributed by atoms with Gasteiger partial charge in [-0.25, -0.2) is 0 Å². The molecule has 2 unspecified atom stereocenters. The van der Waals surface area contributed by atoms with E-state index in [-0.39, 0.29) is 5.92 Å². The molecule has 0 aromatic heterocycles. The maximum Gasteiger partial charge on any atom is 0.306 e. The van der Waals surface area contributed by atoms with Gasteiger partial charge in [0.2, 0.25) is 0 Å². The van der Waals surface area contributed by atoms with Gasteiger partial charge in [0.15, 0.2) is 0 Å². The summed E-state index contributed by atoms with van der Waals surface area (Å²) in [5.41, 5.74) is 0. The zero-order chi connectivity index (χ0) is 13.7. The second-order valence-electron chi connectivity index (χ2n) is 8.12. The number of hydrogen-bond donors (Lipinski definition) is 1. The van der Waals surface area contributed by atoms with E-state index in [1.807, 2.05) is 0 Å². The van der Waals surface area contributed by atoms with E-state index in [0.29, 0.717) is 0 Å². The van der Waals surface area contributed by atoms with Crippen LogP contribution in [0.2, 0.25) is 0 Å². The third-order valence-electron chi connectivity index (χ3n) is 7.46. The predicted molar refractivity (Wildman–Crippen MR) is 78.2 cm³/mol. The molecule has 4 saturated carbocycles. The molecule has 2 nitrogen and oxygen atoms in total. The number of hydrogen-bond acceptors (Lipinski definition) is 1. The molecular formula is C18H28O2. The smallest absolute Gasteiger partial charge is 0.306 e. The normalized spacial score (nSPS) is 50.9. The van der Waals surface area contributed by atoms with Crippen LogP contribution in [0.5, 0.6) is 0 Å². The quantitative estimate of drug-likeness (QED) is 0.773. The molecule has 0 spiro atoms. The zero-order valence-electron chi connectivity index (χ0n) is 12.5. The van der Waals surface area contributed by atoms with Crippen LogP contribution < -0.4 is 0 Å². The van der Waals surface area contributed by atoms with Crippen molar-refractivity contribution in [3.63, 3.8) is 0 Å². The van der Waals surface area contributed by atoms with E-state index >= 15 is 0 Å². The van der Waals surface area contributed by atoms with Crippen molar-refractivity contribution in [3.05, 3.63) is 0 Å². The van der Waals surface area contributed by atoms with Crippen molar-refractivity contribution in [1.82, 2.24) is 0 Å². The first-order valence-corrected chi connectivity index (χ1v) is 8.97. The van der Waals surface area contributed by atoms with Crippen molar-refractivity contribution in [1.29, 1.82) is 0 Å². The van der Waals surface area contributed by atoms with Crippen molar-refractivity contribution >= 4 is 5.97 Å². The summed E-state index contributed by atoms with van der Waals surface area (Å²) in [5.74, 6) is 4.84. The molecule has 0 saturated heterocycles. The Morgan fingerprint density at radius 2 is 1.40 bits per heavy atom. The van der Waals surface area contributed by atoms with E-state index in [9.17, 15) is 9.90 Å². The summed E-state index contributed by atoms with van der Waals surface area (Å²) in [4.78, 5) is 11.3. The minimum Gasteiger partial charge on any atom is -0.481 e. The molecule has 0 aromatic rings. The van der Waals surface area contributed by atoms with Crippen LogP contribution in [0, 0.1) is 41.4 Å². The third-order valence-corrected chi connectivity index (χ3v) is 7.46. The molecule has 0 aliphatic heterocycles. The van der Waals surface area contributed by atoms with Gasteiger partial charge in [-0.05, 0) is 80.5 Å². The number of carboxylic acid groups (broad SMARTS) is 1. The van der Waals surface area contributed by atoms with Crippen LogP contribution in [-0.4, -0.2) is 11.1 Å². The lowest BCUT2D eigenvalue weighted by Gasteiger charge is -2.51. The Bertz CT molecular complexity index is 391. The standard InChI is InChI=1S/C18H28O2/c19-18(20)13-9-12-6-8-15-14-4-2-1-3-11(14)5-7-16(15)17(12)10-13/h11-17H,1-10H2,(H,19,20)/t11?,12-,13?,14+,15-,16-,17-/m1/s1. The van der Waals surface area contributed by atoms with Crippen LogP contribution in [-0.2, 0) is 4.79 Å². The van der Waals surface area contributed by atoms with Crippen LogP contribution >= 0.6 is 0 Å². The number of carbonyl (C=O) groups is 1. The molecule has 4 rings (SSSR count). The number of carboxylic acids is 1. The minimum absolute atomic E-state index is 0.0205. The average molecular weight is 276 g/mol. The first-order valence-electron chi connectivity index (χ1n) is 8.97. The van der Waals surface area contributed by atoms with E-state index in [4.69, 9.17) is 0 Å². The van der Waals surface area contributed by atoms with E-state index in [2.05, 4.69) is 0 Å². The van der Waals surface area contributed by atoms with Crippen molar-refractivity contribution in [2.75, 3.05) is 0 Å². The average Bonchev–Trinajstić information content (AvgIpc) is 2.91. The molecule has 20 heavy (non-hydrogen) atoms. The van der Waals surface area contributed by atoms with Gasteiger partial charge in [0, 0.05) is 0 Å². The fourth-order valence-electron chi connectivity index (χ4n) is 6.68. The van der Waals surface area contributed by atoms with E-state index in [1.165, 1.54) is 51.4 Å². The van der Waals surface area contributed by atoms with Gasteiger partial charge in [0.05, 0.1) is 5.92 Å².